The van der Waals surface area contributed by atoms with Gasteiger partial charge in [0.15, 0.2) is 0 Å². The van der Waals surface area contributed by atoms with Crippen molar-refractivity contribution in [3.8, 4) is 0 Å². The van der Waals surface area contributed by atoms with E-state index >= 15 is 0 Å². The number of nitrogens with zero attached hydrogens (tertiary/aromatic N) is 1. The Bertz CT molecular complexity index is 841. The van der Waals surface area contributed by atoms with Gasteiger partial charge in [0.25, 0.3) is 10.0 Å². The quantitative estimate of drug-likeness (QED) is 0.812. The van der Waals surface area contributed by atoms with Crippen molar-refractivity contribution in [2.75, 3.05) is 18.4 Å². The summed E-state index contributed by atoms with van der Waals surface area (Å²) in [4.78, 5) is 12.4. The van der Waals surface area contributed by atoms with E-state index in [1.165, 1.54) is 15.6 Å². The predicted octanol–water partition coefficient (Wildman–Crippen LogP) is 4.09. The van der Waals surface area contributed by atoms with E-state index in [-0.39, 0.29) is 11.8 Å². The first kappa shape index (κ1) is 18.7. The van der Waals surface area contributed by atoms with Crippen molar-refractivity contribution in [3.63, 3.8) is 0 Å². The van der Waals surface area contributed by atoms with Gasteiger partial charge >= 0.3 is 0 Å². The van der Waals surface area contributed by atoms with Crippen LogP contribution in [0.4, 0.5) is 5.69 Å². The number of carbonyl (C=O) groups is 1. The lowest BCUT2D eigenvalue weighted by Gasteiger charge is -2.30. The molecule has 1 aliphatic heterocycles. The first-order valence-corrected chi connectivity index (χ1v) is 10.7. The molecule has 0 spiro atoms. The molecule has 0 bridgehead atoms. The maximum Gasteiger partial charge on any atom is 0.252 e. The van der Waals surface area contributed by atoms with E-state index in [0.29, 0.717) is 45.9 Å². The van der Waals surface area contributed by atoms with Gasteiger partial charge in [-0.25, -0.2) is 8.42 Å². The lowest BCUT2D eigenvalue weighted by molar-refractivity contribution is -0.120. The number of thiophene rings is 1. The molecular formula is C16H16Cl2N2O3S2. The molecule has 1 aliphatic rings. The van der Waals surface area contributed by atoms with E-state index in [2.05, 4.69) is 5.32 Å². The number of hydrogen-bond donors (Lipinski definition) is 1. The Labute approximate surface area is 160 Å². The molecule has 0 radical (unpaired) electrons. The monoisotopic (exact) mass is 418 g/mol. The van der Waals surface area contributed by atoms with E-state index in [0.717, 1.165) is 0 Å². The van der Waals surface area contributed by atoms with Crippen LogP contribution in [0.2, 0.25) is 10.0 Å². The van der Waals surface area contributed by atoms with E-state index in [9.17, 15) is 13.2 Å². The van der Waals surface area contributed by atoms with Gasteiger partial charge in [-0.3, -0.25) is 4.79 Å². The van der Waals surface area contributed by atoms with Crippen molar-refractivity contribution in [2.45, 2.75) is 17.1 Å². The molecule has 1 aromatic carbocycles. The minimum absolute atomic E-state index is 0.147. The standard InChI is InChI=1S/C16H16Cl2N2O3S2/c17-12-8-13(18)10-14(9-12)19-16(21)11-3-5-20(6-4-11)25(22,23)15-2-1-7-24-15/h1-2,7-11H,3-6H2,(H,19,21). The van der Waals surface area contributed by atoms with Gasteiger partial charge in [-0.2, -0.15) is 4.31 Å². The molecular weight excluding hydrogens is 403 g/mol. The van der Waals surface area contributed by atoms with Crippen molar-refractivity contribution in [1.82, 2.24) is 4.31 Å². The van der Waals surface area contributed by atoms with Crippen molar-refractivity contribution >= 4 is 56.2 Å². The fourth-order valence-electron chi connectivity index (χ4n) is 2.77. The molecule has 2 heterocycles. The molecule has 0 unspecified atom stereocenters. The molecule has 25 heavy (non-hydrogen) atoms. The summed E-state index contributed by atoms with van der Waals surface area (Å²) in [6.07, 6.45) is 0.954. The number of anilines is 1. The van der Waals surface area contributed by atoms with Gasteiger partial charge < -0.3 is 5.32 Å². The highest BCUT2D eigenvalue weighted by molar-refractivity contribution is 7.91. The van der Waals surface area contributed by atoms with Crippen LogP contribution in [-0.4, -0.2) is 31.7 Å². The van der Waals surface area contributed by atoms with Gasteiger partial charge in [-0.05, 0) is 42.5 Å². The van der Waals surface area contributed by atoms with Crippen LogP contribution < -0.4 is 5.32 Å². The summed E-state index contributed by atoms with van der Waals surface area (Å²) in [6.45, 7) is 0.656. The number of nitrogens with one attached hydrogen (secondary N) is 1. The number of halogens is 2. The highest BCUT2D eigenvalue weighted by atomic mass is 35.5. The van der Waals surface area contributed by atoms with Crippen LogP contribution in [0.25, 0.3) is 0 Å². The molecule has 134 valence electrons. The number of piperidine rings is 1. The number of rotatable bonds is 4. The van der Waals surface area contributed by atoms with Gasteiger partial charge in [0, 0.05) is 34.7 Å². The van der Waals surface area contributed by atoms with Crippen LogP contribution >= 0.6 is 34.5 Å². The number of carbonyl (C=O) groups excluding carboxylic acids is 1. The second-order valence-corrected chi connectivity index (χ2v) is 9.74. The first-order chi connectivity index (χ1) is 11.9. The third-order valence-corrected chi connectivity index (χ3v) is 7.75. The summed E-state index contributed by atoms with van der Waals surface area (Å²) in [5.41, 5.74) is 0.538. The third kappa shape index (κ3) is 4.35. The van der Waals surface area contributed by atoms with Crippen LogP contribution in [0.1, 0.15) is 12.8 Å². The molecule has 0 aliphatic carbocycles. The average Bonchev–Trinajstić information content (AvgIpc) is 3.09. The normalized spacial score (nSPS) is 16.7. The minimum Gasteiger partial charge on any atom is -0.326 e. The number of benzene rings is 1. The van der Waals surface area contributed by atoms with Gasteiger partial charge in [0.1, 0.15) is 4.21 Å². The Kier molecular flexibility index (Phi) is 5.70. The summed E-state index contributed by atoms with van der Waals surface area (Å²) in [6, 6.07) is 8.16. The van der Waals surface area contributed by atoms with Gasteiger partial charge in [-0.1, -0.05) is 29.3 Å². The summed E-state index contributed by atoms with van der Waals surface area (Å²) >= 11 is 13.1. The zero-order valence-corrected chi connectivity index (χ0v) is 16.3. The molecule has 1 fully saturated rings. The number of hydrogen-bond acceptors (Lipinski definition) is 4. The van der Waals surface area contributed by atoms with E-state index in [4.69, 9.17) is 23.2 Å². The Hall–Kier alpha value is -1.12. The lowest BCUT2D eigenvalue weighted by atomic mass is 9.97. The van der Waals surface area contributed by atoms with Gasteiger partial charge in [-0.15, -0.1) is 11.3 Å². The Morgan fingerprint density at radius 1 is 1.16 bits per heavy atom. The maximum absolute atomic E-state index is 12.5. The van der Waals surface area contributed by atoms with Gasteiger partial charge in [0.05, 0.1) is 0 Å². The summed E-state index contributed by atoms with van der Waals surface area (Å²) in [7, 11) is -3.45. The van der Waals surface area contributed by atoms with Crippen LogP contribution in [-0.2, 0) is 14.8 Å². The van der Waals surface area contributed by atoms with E-state index in [1.54, 1.807) is 35.7 Å². The molecule has 0 saturated carbocycles. The molecule has 5 nitrogen and oxygen atoms in total. The minimum atomic E-state index is -3.45. The Morgan fingerprint density at radius 2 is 1.80 bits per heavy atom. The van der Waals surface area contributed by atoms with Crippen molar-refractivity contribution in [1.29, 1.82) is 0 Å². The zero-order chi connectivity index (χ0) is 18.0. The second-order valence-electron chi connectivity index (χ2n) is 5.76. The summed E-state index contributed by atoms with van der Waals surface area (Å²) in [5, 5.41) is 5.43. The molecule has 2 aromatic rings. The van der Waals surface area contributed by atoms with E-state index in [1.807, 2.05) is 0 Å². The second kappa shape index (κ2) is 7.63. The van der Waals surface area contributed by atoms with E-state index < -0.39 is 10.0 Å². The van der Waals surface area contributed by atoms with Crippen LogP contribution in [0.15, 0.2) is 39.9 Å². The number of sulfonamides is 1. The highest BCUT2D eigenvalue weighted by Gasteiger charge is 2.32. The molecule has 1 saturated heterocycles. The summed E-state index contributed by atoms with van der Waals surface area (Å²) < 4.78 is 26.8. The van der Waals surface area contributed by atoms with Crippen molar-refractivity contribution in [3.05, 3.63) is 45.8 Å². The van der Waals surface area contributed by atoms with Crippen LogP contribution in [0.5, 0.6) is 0 Å². The predicted molar refractivity (Wildman–Crippen MR) is 101 cm³/mol. The van der Waals surface area contributed by atoms with Crippen molar-refractivity contribution in [2.24, 2.45) is 5.92 Å². The molecule has 3 rings (SSSR count). The smallest absolute Gasteiger partial charge is 0.252 e. The fraction of sp³-hybridized carbons (Fsp3) is 0.312. The first-order valence-electron chi connectivity index (χ1n) is 7.67. The van der Waals surface area contributed by atoms with Crippen LogP contribution in [0, 0.1) is 5.92 Å². The molecule has 1 aromatic heterocycles. The fourth-order valence-corrected chi connectivity index (χ4v) is 5.91. The number of amides is 1. The maximum atomic E-state index is 12.5. The van der Waals surface area contributed by atoms with Crippen molar-refractivity contribution < 1.29 is 13.2 Å². The third-order valence-electron chi connectivity index (χ3n) is 4.04. The molecule has 9 heteroatoms. The zero-order valence-electron chi connectivity index (χ0n) is 13.1. The van der Waals surface area contributed by atoms with Crippen LogP contribution in [0.3, 0.4) is 0 Å². The molecule has 1 N–H and O–H groups in total. The average molecular weight is 419 g/mol. The largest absolute Gasteiger partial charge is 0.326 e. The lowest BCUT2D eigenvalue weighted by Crippen LogP contribution is -2.41. The summed E-state index contributed by atoms with van der Waals surface area (Å²) in [5.74, 6) is -0.390. The highest BCUT2D eigenvalue weighted by Crippen LogP contribution is 2.28. The van der Waals surface area contributed by atoms with Gasteiger partial charge in [0.2, 0.25) is 5.91 Å². The topological polar surface area (TPSA) is 66.5 Å². The molecule has 0 atom stereocenters. The Morgan fingerprint density at radius 3 is 2.36 bits per heavy atom. The SMILES string of the molecule is O=C(Nc1cc(Cl)cc(Cl)c1)C1CCN(S(=O)(=O)c2cccs2)CC1. The molecule has 1 amide bonds. The Balaban J connectivity index is 1.61.